The second kappa shape index (κ2) is 25.4. The summed E-state index contributed by atoms with van der Waals surface area (Å²) in [6.45, 7) is 18.9. The van der Waals surface area contributed by atoms with Gasteiger partial charge in [0, 0.05) is 7.11 Å². The minimum Gasteiger partial charge on any atom is -0.394 e. The van der Waals surface area contributed by atoms with Crippen molar-refractivity contribution in [3.8, 4) is 0 Å². The molecule has 478 valence electrons. The van der Waals surface area contributed by atoms with Crippen LogP contribution in [0, 0.1) is 39.4 Å². The van der Waals surface area contributed by atoms with E-state index in [-0.39, 0.29) is 34.7 Å². The highest BCUT2D eigenvalue weighted by molar-refractivity contribution is 5.33. The molecule has 0 bridgehead atoms. The number of aliphatic hydroxyl groups is 13. The zero-order valence-electron chi connectivity index (χ0n) is 49.6. The highest BCUT2D eigenvalue weighted by atomic mass is 16.8. The van der Waals surface area contributed by atoms with Crippen molar-refractivity contribution in [2.24, 2.45) is 39.4 Å². The molecule has 3 saturated carbocycles. The predicted octanol–water partition coefficient (Wildman–Crippen LogP) is -0.469. The van der Waals surface area contributed by atoms with Crippen LogP contribution in [0.25, 0.3) is 0 Å². The molecule has 24 nitrogen and oxygen atoms in total. The number of hydrogen-bond donors (Lipinski definition) is 13. The zero-order valence-corrected chi connectivity index (χ0v) is 49.6. The molecule has 13 N–H and O–H groups in total. The van der Waals surface area contributed by atoms with Gasteiger partial charge in [-0.05, 0) is 124 Å². The van der Waals surface area contributed by atoms with Crippen molar-refractivity contribution in [2.75, 3.05) is 33.5 Å². The number of rotatable bonds is 18. The normalized spacial score (nSPS) is 51.7. The third kappa shape index (κ3) is 12.0. The quantitative estimate of drug-likeness (QED) is 0.0609. The summed E-state index contributed by atoms with van der Waals surface area (Å²) < 4.78 is 66.6. The highest BCUT2D eigenvalue weighted by Gasteiger charge is 2.68. The number of aliphatic hydroxyl groups excluding tert-OH is 12. The standard InChI is InChI=1S/C59H98O24/c1-26(2)12-11-18-59(9,72)35-16-21-57(7)29-13-14-34-55(4,5)36(17-19-56(34,6)28(29)15-20-58(35,57)8)79-53-48(38(65)31(63)25-75-53)83-54-49(82-50-41(68)37(64)30(62)24-74-50)42(69)45(27(3)76-54)80-52-44(71)47(40(67)33(23-61)78-52)81-51-43(70)46(73-10)39(66)32(22-60)77-51/h15,27,29-54,60-72H,1,11-14,16-25H2,2-10H3/t27-,29-,30-,31-,32-,33-,34+,35+,36+,37+,38+,39-,40-,41-,42+,43-,44-,45-,46+,47+,48-,49-,50+,51+,52+,53+,54+,56-,57+,58-,59+/m1/s1. The van der Waals surface area contributed by atoms with Crippen molar-refractivity contribution in [3.05, 3.63) is 23.8 Å². The molecule has 0 amide bonds. The van der Waals surface area contributed by atoms with E-state index in [1.165, 1.54) is 19.6 Å². The molecule has 0 aromatic heterocycles. The van der Waals surface area contributed by atoms with E-state index < -0.39 is 178 Å². The van der Waals surface area contributed by atoms with Gasteiger partial charge in [-0.3, -0.25) is 0 Å². The van der Waals surface area contributed by atoms with Crippen molar-refractivity contribution in [1.29, 1.82) is 0 Å². The van der Waals surface area contributed by atoms with Gasteiger partial charge in [0.15, 0.2) is 31.5 Å². The lowest BCUT2D eigenvalue weighted by molar-refractivity contribution is -0.403. The van der Waals surface area contributed by atoms with Crippen LogP contribution >= 0.6 is 0 Å². The van der Waals surface area contributed by atoms with Crippen LogP contribution in [0.4, 0.5) is 0 Å². The third-order valence-corrected chi connectivity index (χ3v) is 21.8. The van der Waals surface area contributed by atoms with Gasteiger partial charge in [0.05, 0.1) is 44.2 Å². The lowest BCUT2D eigenvalue weighted by Crippen LogP contribution is -2.68. The van der Waals surface area contributed by atoms with Gasteiger partial charge in [-0.25, -0.2) is 0 Å². The fourth-order valence-corrected chi connectivity index (χ4v) is 16.8. The lowest BCUT2D eigenvalue weighted by Gasteiger charge is -2.65. The van der Waals surface area contributed by atoms with Crippen molar-refractivity contribution in [3.63, 3.8) is 0 Å². The van der Waals surface area contributed by atoms with Crippen LogP contribution < -0.4 is 0 Å². The van der Waals surface area contributed by atoms with Gasteiger partial charge in [-0.2, -0.15) is 0 Å². The maximum atomic E-state index is 12.4. The Labute approximate surface area is 486 Å². The summed E-state index contributed by atoms with van der Waals surface area (Å²) in [6.07, 6.45) is -26.8. The van der Waals surface area contributed by atoms with E-state index >= 15 is 0 Å². The van der Waals surface area contributed by atoms with Gasteiger partial charge in [0.1, 0.15) is 104 Å². The van der Waals surface area contributed by atoms with Gasteiger partial charge >= 0.3 is 0 Å². The molecule has 24 heteroatoms. The Morgan fingerprint density at radius 2 is 1.18 bits per heavy atom. The molecule has 0 spiro atoms. The lowest BCUT2D eigenvalue weighted by atomic mass is 9.41. The van der Waals surface area contributed by atoms with E-state index in [1.54, 1.807) is 0 Å². The Balaban J connectivity index is 0.932. The number of allylic oxidation sites excluding steroid dienone is 3. The maximum Gasteiger partial charge on any atom is 0.187 e. The first-order valence-electron chi connectivity index (χ1n) is 30.1. The molecule has 5 aliphatic heterocycles. The Bertz CT molecular complexity index is 2220. The van der Waals surface area contributed by atoms with Crippen molar-refractivity contribution >= 4 is 0 Å². The van der Waals surface area contributed by atoms with Crippen LogP contribution in [-0.2, 0) is 52.1 Å². The van der Waals surface area contributed by atoms with E-state index in [0.29, 0.717) is 12.3 Å². The van der Waals surface area contributed by atoms with Crippen molar-refractivity contribution in [2.45, 2.75) is 273 Å². The van der Waals surface area contributed by atoms with E-state index in [4.69, 9.17) is 52.1 Å². The second-order valence-corrected chi connectivity index (χ2v) is 27.3. The molecular formula is C59H98O24. The van der Waals surface area contributed by atoms with Crippen LogP contribution in [0.1, 0.15) is 120 Å². The summed E-state index contributed by atoms with van der Waals surface area (Å²) in [6, 6.07) is 0. The van der Waals surface area contributed by atoms with Crippen LogP contribution in [0.5, 0.6) is 0 Å². The number of methoxy groups -OCH3 is 1. The van der Waals surface area contributed by atoms with Crippen LogP contribution in [0.15, 0.2) is 23.8 Å². The molecule has 4 aliphatic carbocycles. The Morgan fingerprint density at radius 3 is 1.81 bits per heavy atom. The fraction of sp³-hybridized carbons (Fsp3) is 0.932. The summed E-state index contributed by atoms with van der Waals surface area (Å²) >= 11 is 0. The molecule has 0 aromatic rings. The number of fused-ring (bicyclic) bond motifs is 5. The van der Waals surface area contributed by atoms with E-state index in [2.05, 4.69) is 47.3 Å². The van der Waals surface area contributed by atoms with E-state index in [9.17, 15) is 66.4 Å². The molecule has 83 heavy (non-hydrogen) atoms. The first-order chi connectivity index (χ1) is 39.0. The van der Waals surface area contributed by atoms with Gasteiger partial charge in [0.25, 0.3) is 0 Å². The summed E-state index contributed by atoms with van der Waals surface area (Å²) in [5.41, 5.74) is 1.09. The Kier molecular flexibility index (Phi) is 20.2. The van der Waals surface area contributed by atoms with Gasteiger partial charge in [-0.15, -0.1) is 6.58 Å². The topological polar surface area (TPSA) is 365 Å². The van der Waals surface area contributed by atoms with Crippen LogP contribution in [0.3, 0.4) is 0 Å². The summed E-state index contributed by atoms with van der Waals surface area (Å²) in [5.74, 6) is 0.673. The maximum absolute atomic E-state index is 12.4. The zero-order chi connectivity index (χ0) is 60.6. The first-order valence-corrected chi connectivity index (χ1v) is 30.1. The fourth-order valence-electron chi connectivity index (χ4n) is 16.8. The summed E-state index contributed by atoms with van der Waals surface area (Å²) in [7, 11) is 1.20. The average molecular weight is 1190 g/mol. The minimum atomic E-state index is -1.98. The first kappa shape index (κ1) is 66.0. The van der Waals surface area contributed by atoms with E-state index in [1.807, 2.05) is 13.8 Å². The molecule has 8 fully saturated rings. The van der Waals surface area contributed by atoms with Gasteiger partial charge in [-0.1, -0.05) is 51.8 Å². The van der Waals surface area contributed by atoms with Gasteiger partial charge in [0.2, 0.25) is 0 Å². The highest BCUT2D eigenvalue weighted by Crippen LogP contribution is 2.73. The second-order valence-electron chi connectivity index (χ2n) is 27.3. The Hall–Kier alpha value is -1.48. The third-order valence-electron chi connectivity index (χ3n) is 21.8. The minimum absolute atomic E-state index is 0.00988. The molecule has 5 heterocycles. The number of hydrogen-bond acceptors (Lipinski definition) is 24. The summed E-state index contributed by atoms with van der Waals surface area (Å²) in [5, 5.41) is 144. The smallest absolute Gasteiger partial charge is 0.187 e. The molecular weight excluding hydrogens is 1090 g/mol. The molecule has 0 unspecified atom stereocenters. The summed E-state index contributed by atoms with van der Waals surface area (Å²) in [4.78, 5) is 0. The molecule has 0 radical (unpaired) electrons. The monoisotopic (exact) mass is 1190 g/mol. The average Bonchev–Trinajstić information content (AvgIpc) is 1.73. The molecule has 9 aliphatic rings. The predicted molar refractivity (Wildman–Crippen MR) is 289 cm³/mol. The van der Waals surface area contributed by atoms with Crippen LogP contribution in [0.2, 0.25) is 0 Å². The van der Waals surface area contributed by atoms with E-state index in [0.717, 1.165) is 63.4 Å². The van der Waals surface area contributed by atoms with Crippen LogP contribution in [-0.4, -0.2) is 253 Å². The molecule has 9 rings (SSSR count). The Morgan fingerprint density at radius 1 is 0.614 bits per heavy atom. The van der Waals surface area contributed by atoms with Crippen molar-refractivity contribution in [1.82, 2.24) is 0 Å². The van der Waals surface area contributed by atoms with Gasteiger partial charge < -0.3 is 118 Å². The molecule has 0 aromatic carbocycles. The largest absolute Gasteiger partial charge is 0.394 e. The molecule has 31 atom stereocenters. The molecule has 5 saturated heterocycles. The van der Waals surface area contributed by atoms with Crippen molar-refractivity contribution < 1.29 is 118 Å². The SMILES string of the molecule is C=C(C)CCC[C@](C)(O)[C@H]1CC[C@@]2(C)[C@@H]3CC[C@H]4C(C)(C)[C@@H](O[C@@H]5OC[C@@H](O)[C@H](O)[C@H]5O[C@@H]5O[C@H](C)[C@@H](O[C@@H]6O[C@H](CO)[C@@H](O)[C@H](O[C@@H]7O[C@H](CO)[C@@H](O)[C@H](OC)[C@H]7O)[C@H]6O)[C@H](O)[C@H]5O[C@@H]5OC[C@@H](O)[C@H](O)[C@H]5O)CC[C@]4(C)C3=CC[C@]12C. The number of ether oxygens (including phenoxy) is 11.